The molecule has 0 spiro atoms. The van der Waals surface area contributed by atoms with Crippen LogP contribution in [0.25, 0.3) is 82.2 Å². The summed E-state index contributed by atoms with van der Waals surface area (Å²) in [6, 6.07) is 48.5. The van der Waals surface area contributed by atoms with Gasteiger partial charge in [0.15, 0.2) is 0 Å². The van der Waals surface area contributed by atoms with Gasteiger partial charge in [-0.2, -0.15) is 0 Å². The van der Waals surface area contributed by atoms with Crippen LogP contribution in [0.4, 0.5) is 0 Å². The van der Waals surface area contributed by atoms with E-state index in [0.29, 0.717) is 0 Å². The number of para-hydroxylation sites is 4. The molecule has 0 aliphatic rings. The molecule has 0 radical (unpaired) electrons. The second kappa shape index (κ2) is 7.56. The van der Waals surface area contributed by atoms with Gasteiger partial charge in [-0.15, -0.1) is 0 Å². The van der Waals surface area contributed by atoms with Gasteiger partial charge in [0.05, 0.1) is 33.1 Å². The third kappa shape index (κ3) is 2.59. The third-order valence-corrected chi connectivity index (χ3v) is 8.97. The van der Waals surface area contributed by atoms with E-state index in [1.54, 1.807) is 0 Å². The van der Waals surface area contributed by atoms with Crippen molar-refractivity contribution in [2.24, 2.45) is 0 Å². The smallest absolute Gasteiger partial charge is 0.0788 e. The molecule has 0 amide bonds. The third-order valence-electron chi connectivity index (χ3n) is 8.97. The molecule has 10 aromatic rings. The molecule has 0 unspecified atom stereocenters. The first kappa shape index (κ1) is 21.3. The second-order valence-electron chi connectivity index (χ2n) is 11.0. The predicted molar refractivity (Wildman–Crippen MR) is 172 cm³/mol. The minimum absolute atomic E-state index is 1.18. The van der Waals surface area contributed by atoms with E-state index in [0.717, 1.165) is 0 Å². The Kier molecular flexibility index (Phi) is 3.93. The molecule has 6 aromatic carbocycles. The molecule has 190 valence electrons. The summed E-state index contributed by atoms with van der Waals surface area (Å²) in [5.41, 5.74) is 9.89. The zero-order chi connectivity index (χ0) is 26.7. The molecule has 0 bridgehead atoms. The minimum atomic E-state index is 1.18. The lowest BCUT2D eigenvalue weighted by Gasteiger charge is -2.08. The molecule has 0 fully saturated rings. The van der Waals surface area contributed by atoms with Gasteiger partial charge < -0.3 is 13.5 Å². The van der Waals surface area contributed by atoms with Crippen molar-refractivity contribution in [3.05, 3.63) is 140 Å². The number of hydrogen-bond acceptors (Lipinski definition) is 0. The largest absolute Gasteiger partial charge is 0.313 e. The number of hydrogen-bond donors (Lipinski definition) is 0. The van der Waals surface area contributed by atoms with Crippen molar-refractivity contribution >= 4 is 70.8 Å². The highest BCUT2D eigenvalue weighted by Gasteiger charge is 2.24. The second-order valence-corrected chi connectivity index (χ2v) is 11.0. The monoisotopic (exact) mass is 521 g/mol. The van der Waals surface area contributed by atoms with Crippen LogP contribution >= 0.6 is 0 Å². The zero-order valence-electron chi connectivity index (χ0n) is 22.1. The van der Waals surface area contributed by atoms with Crippen LogP contribution in [0.5, 0.6) is 0 Å². The molecule has 41 heavy (non-hydrogen) atoms. The van der Waals surface area contributed by atoms with E-state index >= 15 is 0 Å². The lowest BCUT2D eigenvalue weighted by molar-refractivity contribution is 1.17. The van der Waals surface area contributed by atoms with Gasteiger partial charge in [-0.25, -0.2) is 0 Å². The molecule has 3 nitrogen and oxygen atoms in total. The number of aromatic nitrogens is 3. The molecule has 10 rings (SSSR count). The van der Waals surface area contributed by atoms with Crippen molar-refractivity contribution in [1.82, 2.24) is 13.5 Å². The van der Waals surface area contributed by atoms with Crippen LogP contribution in [0.15, 0.2) is 140 Å². The van der Waals surface area contributed by atoms with Crippen LogP contribution in [0.3, 0.4) is 0 Å². The Labute approximate surface area is 235 Å². The first-order valence-electron chi connectivity index (χ1n) is 14.1. The molecule has 0 saturated heterocycles. The number of fused-ring (bicyclic) bond motifs is 11. The molecule has 0 aliphatic carbocycles. The Hall–Kier alpha value is -5.54. The quantitative estimate of drug-likeness (QED) is 0.215. The number of nitrogens with zero attached hydrogens (tertiary/aromatic N) is 3. The summed E-state index contributed by atoms with van der Waals surface area (Å²) in [4.78, 5) is 0. The summed E-state index contributed by atoms with van der Waals surface area (Å²) < 4.78 is 7.32. The molecule has 4 aromatic heterocycles. The van der Waals surface area contributed by atoms with Crippen molar-refractivity contribution in [1.29, 1.82) is 0 Å². The Bertz CT molecular complexity index is 2610. The summed E-state index contributed by atoms with van der Waals surface area (Å²) in [6.07, 6.45) is 2.28. The lowest BCUT2D eigenvalue weighted by Crippen LogP contribution is -1.94. The van der Waals surface area contributed by atoms with Crippen LogP contribution in [0.2, 0.25) is 0 Å². The Morgan fingerprint density at radius 3 is 1.49 bits per heavy atom. The molecular formula is C38H23N3. The summed E-state index contributed by atoms with van der Waals surface area (Å²) in [5.74, 6) is 0. The summed E-state index contributed by atoms with van der Waals surface area (Å²) in [7, 11) is 0. The van der Waals surface area contributed by atoms with Crippen LogP contribution < -0.4 is 0 Å². The fourth-order valence-electron chi connectivity index (χ4n) is 7.37. The van der Waals surface area contributed by atoms with E-state index in [4.69, 9.17) is 0 Å². The molecule has 0 atom stereocenters. The molecule has 0 saturated carbocycles. The highest BCUT2D eigenvalue weighted by atomic mass is 15.0. The van der Waals surface area contributed by atoms with Gasteiger partial charge in [-0.1, -0.05) is 84.9 Å². The molecule has 3 heteroatoms. The van der Waals surface area contributed by atoms with Crippen LogP contribution in [0.1, 0.15) is 0 Å². The summed E-state index contributed by atoms with van der Waals surface area (Å²) >= 11 is 0. The van der Waals surface area contributed by atoms with Gasteiger partial charge in [-0.3, -0.25) is 0 Å². The molecule has 0 N–H and O–H groups in total. The fraction of sp³-hybridized carbons (Fsp3) is 0. The van der Waals surface area contributed by atoms with Gasteiger partial charge in [0, 0.05) is 55.3 Å². The zero-order valence-corrected chi connectivity index (χ0v) is 22.1. The molecular weight excluding hydrogens is 498 g/mol. The van der Waals surface area contributed by atoms with Crippen molar-refractivity contribution in [3.63, 3.8) is 0 Å². The number of benzene rings is 6. The van der Waals surface area contributed by atoms with Crippen molar-refractivity contribution in [2.75, 3.05) is 0 Å². The van der Waals surface area contributed by atoms with Crippen molar-refractivity contribution < 1.29 is 0 Å². The van der Waals surface area contributed by atoms with E-state index in [1.165, 1.54) is 82.2 Å². The average molecular weight is 522 g/mol. The topological polar surface area (TPSA) is 14.3 Å². The maximum Gasteiger partial charge on any atom is 0.0788 e. The summed E-state index contributed by atoms with van der Waals surface area (Å²) in [5, 5.41) is 9.00. The maximum atomic E-state index is 2.44. The molecule has 0 aliphatic heterocycles. The fourth-order valence-corrected chi connectivity index (χ4v) is 7.37. The van der Waals surface area contributed by atoms with E-state index in [-0.39, 0.29) is 0 Å². The lowest BCUT2D eigenvalue weighted by atomic mass is 10.0. The van der Waals surface area contributed by atoms with Gasteiger partial charge in [0.25, 0.3) is 0 Å². The average Bonchev–Trinajstić information content (AvgIpc) is 3.78. The van der Waals surface area contributed by atoms with E-state index in [1.807, 2.05) is 0 Å². The maximum absolute atomic E-state index is 2.44. The normalized spacial score (nSPS) is 12.4. The first-order valence-corrected chi connectivity index (χ1v) is 14.1. The Morgan fingerprint density at radius 2 is 0.829 bits per heavy atom. The van der Waals surface area contributed by atoms with Crippen LogP contribution in [-0.4, -0.2) is 13.5 Å². The van der Waals surface area contributed by atoms with Gasteiger partial charge in [0.1, 0.15) is 0 Å². The van der Waals surface area contributed by atoms with E-state index in [9.17, 15) is 0 Å². The standard InChI is InChI=1S/C38H23N3/c1-3-11-24(12-4-1)40-34-18-10-8-16-27(34)31-23-32-29-20-19-28-26-15-7-9-17-33(26)41(25-13-5-2-6-14-25)38(28)37(29)39-22-21-30(35(32)39)36(31)40/h1-23H. The predicted octanol–water partition coefficient (Wildman–Crippen LogP) is 9.88. The van der Waals surface area contributed by atoms with Gasteiger partial charge in [-0.05, 0) is 48.5 Å². The van der Waals surface area contributed by atoms with Gasteiger partial charge in [0.2, 0.25) is 0 Å². The highest BCUT2D eigenvalue weighted by molar-refractivity contribution is 6.31. The summed E-state index contributed by atoms with van der Waals surface area (Å²) in [6.45, 7) is 0. The Morgan fingerprint density at radius 1 is 0.317 bits per heavy atom. The van der Waals surface area contributed by atoms with Crippen LogP contribution in [-0.2, 0) is 0 Å². The number of rotatable bonds is 2. The minimum Gasteiger partial charge on any atom is -0.313 e. The van der Waals surface area contributed by atoms with Gasteiger partial charge >= 0.3 is 0 Å². The van der Waals surface area contributed by atoms with Crippen molar-refractivity contribution in [2.45, 2.75) is 0 Å². The SMILES string of the molecule is c1ccc(-n2c3ccccc3c3cc4c5ccc6c7ccccc7n(-c7ccccc7)c6c5n5ccc(c32)c45)cc1. The Balaban J connectivity index is 1.45. The van der Waals surface area contributed by atoms with Crippen molar-refractivity contribution in [3.8, 4) is 11.4 Å². The molecule has 4 heterocycles. The van der Waals surface area contributed by atoms with E-state index in [2.05, 4.69) is 153 Å². The first-order chi connectivity index (χ1) is 20.4. The van der Waals surface area contributed by atoms with E-state index < -0.39 is 0 Å². The van der Waals surface area contributed by atoms with Crippen LogP contribution in [0, 0.1) is 0 Å². The highest BCUT2D eigenvalue weighted by Crippen LogP contribution is 2.45.